The Morgan fingerprint density at radius 2 is 2.35 bits per heavy atom. The SMILES string of the molecule is CC(NC(=O)c1ccnc(CN)c1)C1CC2CCC1C2. The number of pyridine rings is 1. The van der Waals surface area contributed by atoms with Crippen molar-refractivity contribution in [3.63, 3.8) is 0 Å². The molecule has 4 atom stereocenters. The Morgan fingerprint density at radius 3 is 3.00 bits per heavy atom. The van der Waals surface area contributed by atoms with Gasteiger partial charge in [0.2, 0.25) is 0 Å². The largest absolute Gasteiger partial charge is 0.349 e. The lowest BCUT2D eigenvalue weighted by Crippen LogP contribution is -2.40. The van der Waals surface area contributed by atoms with Gasteiger partial charge in [0.1, 0.15) is 0 Å². The summed E-state index contributed by atoms with van der Waals surface area (Å²) < 4.78 is 0. The predicted molar refractivity (Wildman–Crippen MR) is 78.0 cm³/mol. The molecule has 0 saturated heterocycles. The number of hydrogen-bond donors (Lipinski definition) is 2. The zero-order chi connectivity index (χ0) is 14.1. The Kier molecular flexibility index (Phi) is 3.74. The first-order valence-corrected chi connectivity index (χ1v) is 7.63. The molecular weight excluding hydrogens is 250 g/mol. The molecule has 0 radical (unpaired) electrons. The predicted octanol–water partition coefficient (Wildman–Crippen LogP) is 2.09. The van der Waals surface area contributed by atoms with Crippen LogP contribution < -0.4 is 11.1 Å². The summed E-state index contributed by atoms with van der Waals surface area (Å²) in [5.74, 6) is 2.40. The highest BCUT2D eigenvalue weighted by Crippen LogP contribution is 2.49. The fraction of sp³-hybridized carbons (Fsp3) is 0.625. The number of fused-ring (bicyclic) bond motifs is 2. The second kappa shape index (κ2) is 5.52. The van der Waals surface area contributed by atoms with Crippen LogP contribution in [0.5, 0.6) is 0 Å². The van der Waals surface area contributed by atoms with Crippen molar-refractivity contribution in [1.82, 2.24) is 10.3 Å². The molecule has 4 heteroatoms. The molecule has 1 heterocycles. The van der Waals surface area contributed by atoms with Crippen molar-refractivity contribution in [3.05, 3.63) is 29.6 Å². The van der Waals surface area contributed by atoms with Crippen LogP contribution in [0.4, 0.5) is 0 Å². The van der Waals surface area contributed by atoms with Crippen molar-refractivity contribution >= 4 is 5.91 Å². The molecule has 0 aromatic carbocycles. The fourth-order valence-electron chi connectivity index (χ4n) is 4.03. The van der Waals surface area contributed by atoms with Gasteiger partial charge in [-0.25, -0.2) is 0 Å². The Bertz CT molecular complexity index is 502. The molecule has 1 amide bonds. The van der Waals surface area contributed by atoms with E-state index in [-0.39, 0.29) is 11.9 Å². The van der Waals surface area contributed by atoms with Crippen LogP contribution in [-0.2, 0) is 6.54 Å². The summed E-state index contributed by atoms with van der Waals surface area (Å²) in [5, 5.41) is 3.17. The van der Waals surface area contributed by atoms with Crippen molar-refractivity contribution in [2.75, 3.05) is 0 Å². The minimum Gasteiger partial charge on any atom is -0.349 e. The number of nitrogens with one attached hydrogen (secondary N) is 1. The highest BCUT2D eigenvalue weighted by molar-refractivity contribution is 5.94. The Labute approximate surface area is 120 Å². The maximum Gasteiger partial charge on any atom is 0.251 e. The van der Waals surface area contributed by atoms with Gasteiger partial charge in [0, 0.05) is 24.3 Å². The first-order valence-electron chi connectivity index (χ1n) is 7.63. The summed E-state index contributed by atoms with van der Waals surface area (Å²) in [6.07, 6.45) is 7.06. The zero-order valence-electron chi connectivity index (χ0n) is 12.0. The number of amides is 1. The maximum atomic E-state index is 12.3. The van der Waals surface area contributed by atoms with E-state index in [0.29, 0.717) is 18.0 Å². The molecule has 1 aromatic rings. The molecule has 0 aliphatic heterocycles. The summed E-state index contributed by atoms with van der Waals surface area (Å²) in [7, 11) is 0. The minimum atomic E-state index is -0.00243. The smallest absolute Gasteiger partial charge is 0.251 e. The number of hydrogen-bond acceptors (Lipinski definition) is 3. The number of carbonyl (C=O) groups is 1. The van der Waals surface area contributed by atoms with Gasteiger partial charge in [-0.05, 0) is 56.1 Å². The van der Waals surface area contributed by atoms with E-state index in [2.05, 4.69) is 17.2 Å². The third kappa shape index (κ3) is 2.57. The minimum absolute atomic E-state index is 0.00243. The topological polar surface area (TPSA) is 68.0 Å². The van der Waals surface area contributed by atoms with E-state index < -0.39 is 0 Å². The van der Waals surface area contributed by atoms with E-state index in [1.165, 1.54) is 25.7 Å². The van der Waals surface area contributed by atoms with Gasteiger partial charge in [-0.1, -0.05) is 6.42 Å². The van der Waals surface area contributed by atoms with Crippen LogP contribution in [0.2, 0.25) is 0 Å². The summed E-state index contributed by atoms with van der Waals surface area (Å²) in [4.78, 5) is 16.4. The van der Waals surface area contributed by atoms with Crippen molar-refractivity contribution in [2.24, 2.45) is 23.5 Å². The third-order valence-electron chi connectivity index (χ3n) is 5.08. The first-order chi connectivity index (χ1) is 9.67. The monoisotopic (exact) mass is 273 g/mol. The fourth-order valence-corrected chi connectivity index (χ4v) is 4.03. The Balaban J connectivity index is 1.63. The number of aromatic nitrogens is 1. The Morgan fingerprint density at radius 1 is 1.50 bits per heavy atom. The number of rotatable bonds is 4. The van der Waals surface area contributed by atoms with Gasteiger partial charge >= 0.3 is 0 Å². The summed E-state index contributed by atoms with van der Waals surface area (Å²) in [6, 6.07) is 3.79. The molecule has 2 bridgehead atoms. The van der Waals surface area contributed by atoms with Crippen LogP contribution >= 0.6 is 0 Å². The molecule has 4 nitrogen and oxygen atoms in total. The quantitative estimate of drug-likeness (QED) is 0.882. The van der Waals surface area contributed by atoms with E-state index in [1.54, 1.807) is 18.3 Å². The first kappa shape index (κ1) is 13.6. The number of nitrogens with two attached hydrogens (primary N) is 1. The van der Waals surface area contributed by atoms with Crippen LogP contribution in [0, 0.1) is 17.8 Å². The average molecular weight is 273 g/mol. The maximum absolute atomic E-state index is 12.3. The van der Waals surface area contributed by atoms with Gasteiger partial charge in [0.25, 0.3) is 5.91 Å². The standard InChI is InChI=1S/C16H23N3O/c1-10(15-7-11-2-3-12(15)6-11)19-16(20)13-4-5-18-14(8-13)9-17/h4-5,8,10-12,15H,2-3,6-7,9,17H2,1H3,(H,19,20). The van der Waals surface area contributed by atoms with Crippen LogP contribution in [-0.4, -0.2) is 16.9 Å². The lowest BCUT2D eigenvalue weighted by atomic mass is 9.84. The van der Waals surface area contributed by atoms with Gasteiger partial charge < -0.3 is 11.1 Å². The molecule has 2 saturated carbocycles. The summed E-state index contributed by atoms with van der Waals surface area (Å²) in [5.41, 5.74) is 6.98. The van der Waals surface area contributed by atoms with Gasteiger partial charge in [-0.15, -0.1) is 0 Å². The molecule has 1 aromatic heterocycles. The number of carbonyl (C=O) groups excluding carboxylic acids is 1. The molecular formula is C16H23N3O. The normalized spacial score (nSPS) is 29.4. The molecule has 2 aliphatic rings. The summed E-state index contributed by atoms with van der Waals surface area (Å²) in [6.45, 7) is 2.51. The van der Waals surface area contributed by atoms with Crippen LogP contribution in [0.25, 0.3) is 0 Å². The summed E-state index contributed by atoms with van der Waals surface area (Å²) >= 11 is 0. The third-order valence-corrected chi connectivity index (χ3v) is 5.08. The van der Waals surface area contributed by atoms with E-state index in [4.69, 9.17) is 5.73 Å². The molecule has 0 spiro atoms. The Hall–Kier alpha value is -1.42. The van der Waals surface area contributed by atoms with Crippen LogP contribution in [0.1, 0.15) is 48.7 Å². The van der Waals surface area contributed by atoms with Gasteiger partial charge in [0.05, 0.1) is 5.69 Å². The van der Waals surface area contributed by atoms with Gasteiger partial charge in [-0.3, -0.25) is 9.78 Å². The highest BCUT2D eigenvalue weighted by atomic mass is 16.1. The van der Waals surface area contributed by atoms with Crippen LogP contribution in [0.3, 0.4) is 0 Å². The van der Waals surface area contributed by atoms with Crippen molar-refractivity contribution in [2.45, 2.75) is 45.2 Å². The van der Waals surface area contributed by atoms with Gasteiger partial charge in [-0.2, -0.15) is 0 Å². The molecule has 4 unspecified atom stereocenters. The van der Waals surface area contributed by atoms with E-state index in [9.17, 15) is 4.79 Å². The molecule has 3 rings (SSSR count). The zero-order valence-corrected chi connectivity index (χ0v) is 12.0. The average Bonchev–Trinajstić information content (AvgIpc) is 3.10. The molecule has 108 valence electrons. The van der Waals surface area contributed by atoms with Crippen LogP contribution in [0.15, 0.2) is 18.3 Å². The second-order valence-electron chi connectivity index (χ2n) is 6.34. The highest BCUT2D eigenvalue weighted by Gasteiger charge is 2.42. The van der Waals surface area contributed by atoms with E-state index in [1.807, 2.05) is 0 Å². The lowest BCUT2D eigenvalue weighted by Gasteiger charge is -2.28. The van der Waals surface area contributed by atoms with E-state index in [0.717, 1.165) is 17.5 Å². The van der Waals surface area contributed by atoms with Crippen molar-refractivity contribution in [1.29, 1.82) is 0 Å². The van der Waals surface area contributed by atoms with Crippen molar-refractivity contribution in [3.8, 4) is 0 Å². The molecule has 3 N–H and O–H groups in total. The molecule has 20 heavy (non-hydrogen) atoms. The second-order valence-corrected chi connectivity index (χ2v) is 6.34. The van der Waals surface area contributed by atoms with E-state index >= 15 is 0 Å². The van der Waals surface area contributed by atoms with Crippen molar-refractivity contribution < 1.29 is 4.79 Å². The molecule has 2 fully saturated rings. The number of nitrogens with zero attached hydrogens (tertiary/aromatic N) is 1. The van der Waals surface area contributed by atoms with Gasteiger partial charge in [0.15, 0.2) is 0 Å². The lowest BCUT2D eigenvalue weighted by molar-refractivity contribution is 0.0915. The molecule has 2 aliphatic carbocycles.